The normalized spacial score (nSPS) is 19.6. The molecule has 1 amide bonds. The van der Waals surface area contributed by atoms with E-state index in [0.29, 0.717) is 18.0 Å². The summed E-state index contributed by atoms with van der Waals surface area (Å²) in [5, 5.41) is 13.0. The highest BCUT2D eigenvalue weighted by molar-refractivity contribution is 5.95. The fourth-order valence-corrected chi connectivity index (χ4v) is 3.80. The van der Waals surface area contributed by atoms with Crippen molar-refractivity contribution in [2.75, 3.05) is 13.1 Å². The maximum Gasteiger partial charge on any atom is 0.257 e. The second-order valence-corrected chi connectivity index (χ2v) is 7.48. The topological polar surface area (TPSA) is 68.8 Å². The summed E-state index contributed by atoms with van der Waals surface area (Å²) >= 11 is 0. The van der Waals surface area contributed by atoms with Crippen LogP contribution in [0.2, 0.25) is 0 Å². The Balaban J connectivity index is 1.32. The van der Waals surface area contributed by atoms with Crippen LogP contribution in [-0.4, -0.2) is 48.7 Å². The highest BCUT2D eigenvalue weighted by Crippen LogP contribution is 2.39. The number of aromatic nitrogens is 5. The maximum atomic E-state index is 13.0. The lowest BCUT2D eigenvalue weighted by Gasteiger charge is -2.16. The van der Waals surface area contributed by atoms with E-state index in [-0.39, 0.29) is 11.9 Å². The summed E-state index contributed by atoms with van der Waals surface area (Å²) in [5.74, 6) is 0.643. The minimum absolute atomic E-state index is 0.0414. The van der Waals surface area contributed by atoms with E-state index in [9.17, 15) is 4.79 Å². The molecule has 1 aliphatic heterocycles. The third-order valence-corrected chi connectivity index (χ3v) is 5.59. The monoisotopic (exact) mass is 362 g/mol. The van der Waals surface area contributed by atoms with Crippen LogP contribution in [0.5, 0.6) is 0 Å². The van der Waals surface area contributed by atoms with E-state index in [1.165, 1.54) is 12.8 Å². The molecule has 3 heterocycles. The van der Waals surface area contributed by atoms with Gasteiger partial charge in [-0.05, 0) is 38.3 Å². The number of benzene rings is 1. The molecule has 138 valence electrons. The first kappa shape index (κ1) is 16.2. The molecule has 7 heteroatoms. The quantitative estimate of drug-likeness (QED) is 0.716. The summed E-state index contributed by atoms with van der Waals surface area (Å²) in [6, 6.07) is 10.1. The zero-order chi connectivity index (χ0) is 18.4. The molecule has 3 aromatic rings. The van der Waals surface area contributed by atoms with Gasteiger partial charge in [0.15, 0.2) is 0 Å². The molecule has 0 bridgehead atoms. The molecule has 5 rings (SSSR count). The summed E-state index contributed by atoms with van der Waals surface area (Å²) in [6.45, 7) is 3.35. The highest BCUT2D eigenvalue weighted by Gasteiger charge is 2.32. The van der Waals surface area contributed by atoms with E-state index < -0.39 is 0 Å². The van der Waals surface area contributed by atoms with E-state index in [1.807, 2.05) is 51.5 Å². The van der Waals surface area contributed by atoms with Crippen molar-refractivity contribution < 1.29 is 4.79 Å². The summed E-state index contributed by atoms with van der Waals surface area (Å²) in [7, 11) is 0. The van der Waals surface area contributed by atoms with Crippen LogP contribution in [0.4, 0.5) is 0 Å². The third-order valence-electron chi connectivity index (χ3n) is 5.59. The van der Waals surface area contributed by atoms with Crippen molar-refractivity contribution in [1.29, 1.82) is 0 Å². The predicted octanol–water partition coefficient (Wildman–Crippen LogP) is 2.74. The van der Waals surface area contributed by atoms with Gasteiger partial charge in [0.05, 0.1) is 34.9 Å². The lowest BCUT2D eigenvalue weighted by molar-refractivity contribution is 0.0786. The molecule has 7 nitrogen and oxygen atoms in total. The van der Waals surface area contributed by atoms with Gasteiger partial charge in [-0.3, -0.25) is 4.79 Å². The van der Waals surface area contributed by atoms with Crippen molar-refractivity contribution in [2.45, 2.75) is 38.1 Å². The number of hydrogen-bond donors (Lipinski definition) is 0. The van der Waals surface area contributed by atoms with Gasteiger partial charge in [-0.25, -0.2) is 9.36 Å². The van der Waals surface area contributed by atoms with Crippen LogP contribution in [0.25, 0.3) is 5.69 Å². The zero-order valence-electron chi connectivity index (χ0n) is 15.3. The molecular weight excluding hydrogens is 340 g/mol. The first-order valence-electron chi connectivity index (χ1n) is 9.52. The van der Waals surface area contributed by atoms with Crippen LogP contribution in [0.1, 0.15) is 53.0 Å². The minimum atomic E-state index is 0.0414. The van der Waals surface area contributed by atoms with Crippen molar-refractivity contribution in [3.05, 3.63) is 59.7 Å². The standard InChI is InChI=1S/C20H22N6O/c1-14-18(11-21-26(14)16-5-3-2-4-6-16)20(27)24-10-9-17(12-24)25-13-19(22-23-25)15-7-8-15/h2-6,11,13,15,17H,7-10,12H2,1H3. The Morgan fingerprint density at radius 2 is 1.96 bits per heavy atom. The van der Waals surface area contributed by atoms with Crippen LogP contribution in [0.3, 0.4) is 0 Å². The fraction of sp³-hybridized carbons (Fsp3) is 0.400. The minimum Gasteiger partial charge on any atom is -0.336 e. The molecule has 1 aromatic carbocycles. The average molecular weight is 362 g/mol. The van der Waals surface area contributed by atoms with Crippen molar-refractivity contribution in [2.24, 2.45) is 0 Å². The van der Waals surface area contributed by atoms with Gasteiger partial charge in [-0.15, -0.1) is 5.10 Å². The van der Waals surface area contributed by atoms with E-state index in [4.69, 9.17) is 0 Å². The second-order valence-electron chi connectivity index (χ2n) is 7.48. The first-order valence-corrected chi connectivity index (χ1v) is 9.52. The fourth-order valence-electron chi connectivity index (χ4n) is 3.80. The van der Waals surface area contributed by atoms with Crippen molar-refractivity contribution in [3.63, 3.8) is 0 Å². The molecule has 2 fully saturated rings. The molecule has 1 aliphatic carbocycles. The van der Waals surface area contributed by atoms with Crippen molar-refractivity contribution in [1.82, 2.24) is 29.7 Å². The van der Waals surface area contributed by atoms with Crippen LogP contribution in [0, 0.1) is 6.92 Å². The number of para-hydroxylation sites is 1. The summed E-state index contributed by atoms with van der Waals surface area (Å²) < 4.78 is 3.77. The number of carbonyl (C=O) groups is 1. The van der Waals surface area contributed by atoms with Gasteiger partial charge in [-0.1, -0.05) is 23.4 Å². The molecule has 1 saturated carbocycles. The zero-order valence-corrected chi connectivity index (χ0v) is 15.3. The molecule has 2 aromatic heterocycles. The Kier molecular flexibility index (Phi) is 3.81. The molecule has 0 radical (unpaired) electrons. The van der Waals surface area contributed by atoms with E-state index in [1.54, 1.807) is 6.20 Å². The second kappa shape index (κ2) is 6.33. The lowest BCUT2D eigenvalue weighted by atomic mass is 10.2. The lowest BCUT2D eigenvalue weighted by Crippen LogP contribution is -2.29. The Labute approximate surface area is 157 Å². The number of likely N-dealkylation sites (tertiary alicyclic amines) is 1. The van der Waals surface area contributed by atoms with E-state index in [2.05, 4.69) is 21.6 Å². The number of rotatable bonds is 4. The molecule has 1 atom stereocenters. The molecule has 27 heavy (non-hydrogen) atoms. The summed E-state index contributed by atoms with van der Waals surface area (Å²) in [5.41, 5.74) is 3.59. The number of hydrogen-bond acceptors (Lipinski definition) is 4. The molecule has 2 aliphatic rings. The van der Waals surface area contributed by atoms with Gasteiger partial charge >= 0.3 is 0 Å². The molecule has 1 unspecified atom stereocenters. The van der Waals surface area contributed by atoms with Crippen molar-refractivity contribution >= 4 is 5.91 Å². The average Bonchev–Trinajstić information content (AvgIpc) is 3.11. The van der Waals surface area contributed by atoms with Gasteiger partial charge in [0.2, 0.25) is 0 Å². The highest BCUT2D eigenvalue weighted by atomic mass is 16.2. The Bertz CT molecular complexity index is 972. The number of carbonyl (C=O) groups excluding carboxylic acids is 1. The van der Waals surface area contributed by atoms with E-state index in [0.717, 1.165) is 30.0 Å². The molecule has 0 N–H and O–H groups in total. The number of amides is 1. The molecule has 1 saturated heterocycles. The van der Waals surface area contributed by atoms with Crippen molar-refractivity contribution in [3.8, 4) is 5.69 Å². The van der Waals surface area contributed by atoms with Gasteiger partial charge < -0.3 is 4.90 Å². The summed E-state index contributed by atoms with van der Waals surface area (Å²) in [4.78, 5) is 14.9. The largest absolute Gasteiger partial charge is 0.336 e. The van der Waals surface area contributed by atoms with Gasteiger partial charge in [0.1, 0.15) is 0 Å². The molecular formula is C20H22N6O. The van der Waals surface area contributed by atoms with Crippen LogP contribution >= 0.6 is 0 Å². The first-order chi connectivity index (χ1) is 13.2. The van der Waals surface area contributed by atoms with Gasteiger partial charge in [0, 0.05) is 25.2 Å². The van der Waals surface area contributed by atoms with Crippen LogP contribution < -0.4 is 0 Å². The Morgan fingerprint density at radius 3 is 2.74 bits per heavy atom. The third kappa shape index (κ3) is 2.93. The maximum absolute atomic E-state index is 13.0. The molecule has 0 spiro atoms. The van der Waals surface area contributed by atoms with Crippen LogP contribution in [0.15, 0.2) is 42.7 Å². The SMILES string of the molecule is Cc1c(C(=O)N2CCC(n3cc(C4CC4)nn3)C2)cnn1-c1ccccc1. The van der Waals surface area contributed by atoms with Crippen LogP contribution in [-0.2, 0) is 0 Å². The summed E-state index contributed by atoms with van der Waals surface area (Å²) in [6.07, 6.45) is 7.09. The Morgan fingerprint density at radius 1 is 1.15 bits per heavy atom. The van der Waals surface area contributed by atoms with E-state index >= 15 is 0 Å². The Hall–Kier alpha value is -2.96. The smallest absolute Gasteiger partial charge is 0.257 e. The van der Waals surface area contributed by atoms with Gasteiger partial charge in [-0.2, -0.15) is 5.10 Å². The predicted molar refractivity (Wildman–Crippen MR) is 99.9 cm³/mol. The number of nitrogens with zero attached hydrogens (tertiary/aromatic N) is 6. The van der Waals surface area contributed by atoms with Gasteiger partial charge in [0.25, 0.3) is 5.91 Å².